The van der Waals surface area contributed by atoms with E-state index >= 15 is 0 Å². The van der Waals surface area contributed by atoms with Crippen molar-refractivity contribution in [2.75, 3.05) is 32.5 Å². The Morgan fingerprint density at radius 2 is 2.00 bits per heavy atom. The van der Waals surface area contributed by atoms with Gasteiger partial charge in [0.15, 0.2) is 5.65 Å². The first-order chi connectivity index (χ1) is 13.1. The number of rotatable bonds is 7. The monoisotopic (exact) mass is 361 g/mol. The molecular weight excluding hydrogens is 336 g/mol. The van der Waals surface area contributed by atoms with Crippen molar-refractivity contribution >= 4 is 22.5 Å². The molecule has 0 spiro atoms. The molecule has 2 aromatic heterocycles. The second-order valence-corrected chi connectivity index (χ2v) is 7.09. The molecule has 6 nitrogen and oxygen atoms in total. The van der Waals surface area contributed by atoms with Gasteiger partial charge in [0.25, 0.3) is 0 Å². The van der Waals surface area contributed by atoms with Gasteiger partial charge in [0.05, 0.1) is 43.3 Å². The van der Waals surface area contributed by atoms with E-state index in [4.69, 9.17) is 10.2 Å². The molecule has 0 unspecified atom stereocenters. The van der Waals surface area contributed by atoms with Crippen molar-refractivity contribution in [3.8, 4) is 12.1 Å². The predicted octanol–water partition coefficient (Wildman–Crippen LogP) is 2.07. The van der Waals surface area contributed by atoms with Crippen LogP contribution in [-0.2, 0) is 6.42 Å². The molecule has 2 N–H and O–H groups in total. The van der Waals surface area contributed by atoms with Gasteiger partial charge in [0.2, 0.25) is 0 Å². The summed E-state index contributed by atoms with van der Waals surface area (Å²) in [6.07, 6.45) is 2.06. The second-order valence-electron chi connectivity index (χ2n) is 7.09. The molecule has 0 aliphatic carbocycles. The highest BCUT2D eigenvalue weighted by Gasteiger charge is 2.20. The van der Waals surface area contributed by atoms with Crippen LogP contribution < -0.4 is 10.2 Å². The minimum atomic E-state index is 0.417. The van der Waals surface area contributed by atoms with Crippen molar-refractivity contribution in [3.63, 3.8) is 0 Å². The lowest BCUT2D eigenvalue weighted by Gasteiger charge is -2.18. The highest BCUT2D eigenvalue weighted by atomic mass is 15.1. The molecule has 0 aliphatic heterocycles. The molecule has 3 rings (SSSR count). The van der Waals surface area contributed by atoms with E-state index in [0.717, 1.165) is 47.5 Å². The number of aromatic nitrogens is 2. The van der Waals surface area contributed by atoms with Gasteiger partial charge in [-0.05, 0) is 36.6 Å². The summed E-state index contributed by atoms with van der Waals surface area (Å²) in [6, 6.07) is 12.5. The number of anilines is 1. The summed E-state index contributed by atoms with van der Waals surface area (Å²) < 4.78 is 2.05. The number of pyridine rings is 1. The van der Waals surface area contributed by atoms with Crippen LogP contribution in [0, 0.1) is 29.6 Å². The Labute approximate surface area is 159 Å². The highest BCUT2D eigenvalue weighted by molar-refractivity contribution is 5.86. The van der Waals surface area contributed by atoms with Crippen LogP contribution >= 0.6 is 0 Å². The Hall–Kier alpha value is -3.09. The first kappa shape index (κ1) is 18.7. The van der Waals surface area contributed by atoms with Gasteiger partial charge in [-0.3, -0.25) is 4.40 Å². The maximum absolute atomic E-state index is 9.77. The van der Waals surface area contributed by atoms with E-state index in [2.05, 4.69) is 36.0 Å². The van der Waals surface area contributed by atoms with Gasteiger partial charge in [0, 0.05) is 19.4 Å². The fourth-order valence-corrected chi connectivity index (χ4v) is 3.51. The second kappa shape index (κ2) is 8.07. The molecule has 0 atom stereocenters. The lowest BCUT2D eigenvalue weighted by atomic mass is 10.0. The van der Waals surface area contributed by atoms with Gasteiger partial charge in [0.1, 0.15) is 11.9 Å². The number of hydrogen-bond donors (Lipinski definition) is 2. The minimum absolute atomic E-state index is 0.417. The van der Waals surface area contributed by atoms with Crippen molar-refractivity contribution < 1.29 is 4.90 Å². The first-order valence-electron chi connectivity index (χ1n) is 9.31. The smallest absolute Gasteiger partial charge is 0.157 e. The fourth-order valence-electron chi connectivity index (χ4n) is 3.51. The Morgan fingerprint density at radius 3 is 2.70 bits per heavy atom. The Kier molecular flexibility index (Phi) is 5.59. The third-order valence-corrected chi connectivity index (χ3v) is 4.87. The number of nitriles is 2. The number of benzene rings is 1. The lowest BCUT2D eigenvalue weighted by molar-refractivity contribution is -0.858. The zero-order chi connectivity index (χ0) is 19.4. The molecule has 0 saturated carbocycles. The summed E-state index contributed by atoms with van der Waals surface area (Å²) in [5.74, 6) is 0.958. The van der Waals surface area contributed by atoms with E-state index in [1.807, 2.05) is 31.2 Å². The standard InChI is InChI=1S/C21H24N6/c1-15-16(8-6-11-22)20(24-12-7-13-26(2)3)27-19-10-5-4-9-18(19)25-21(27)17(15)14-23/h4-5,9-10,24H,6-8,12-13H2,1-3H3/p+1. The zero-order valence-electron chi connectivity index (χ0n) is 16.1. The van der Waals surface area contributed by atoms with Crippen molar-refractivity contribution in [3.05, 3.63) is 41.0 Å². The normalized spacial score (nSPS) is 11.0. The van der Waals surface area contributed by atoms with E-state index in [9.17, 15) is 5.26 Å². The molecule has 0 aliphatic rings. The number of quaternary nitrogens is 1. The van der Waals surface area contributed by atoms with Crippen LogP contribution in [0.25, 0.3) is 16.7 Å². The summed E-state index contributed by atoms with van der Waals surface area (Å²) in [7, 11) is 4.29. The Balaban J connectivity index is 2.21. The predicted molar refractivity (Wildman–Crippen MR) is 107 cm³/mol. The number of para-hydroxylation sites is 2. The van der Waals surface area contributed by atoms with E-state index < -0.39 is 0 Å². The summed E-state index contributed by atoms with van der Waals surface area (Å²) in [4.78, 5) is 6.13. The molecule has 27 heavy (non-hydrogen) atoms. The maximum Gasteiger partial charge on any atom is 0.157 e. The van der Waals surface area contributed by atoms with Crippen LogP contribution in [0.2, 0.25) is 0 Å². The number of hydrogen-bond acceptors (Lipinski definition) is 4. The number of nitrogens with one attached hydrogen (secondary N) is 2. The molecule has 0 saturated heterocycles. The van der Waals surface area contributed by atoms with Crippen LogP contribution in [0.1, 0.15) is 29.5 Å². The average molecular weight is 361 g/mol. The summed E-state index contributed by atoms with van der Waals surface area (Å²) in [5, 5.41) is 22.4. The molecule has 0 fully saturated rings. The van der Waals surface area contributed by atoms with Gasteiger partial charge < -0.3 is 10.2 Å². The molecule has 0 bridgehead atoms. The van der Waals surface area contributed by atoms with E-state index in [1.165, 1.54) is 4.90 Å². The van der Waals surface area contributed by atoms with Crippen LogP contribution in [0.15, 0.2) is 24.3 Å². The number of imidazole rings is 1. The fraction of sp³-hybridized carbons (Fsp3) is 0.381. The molecule has 138 valence electrons. The number of nitrogens with zero attached hydrogens (tertiary/aromatic N) is 4. The Morgan fingerprint density at radius 1 is 1.22 bits per heavy atom. The van der Waals surface area contributed by atoms with Gasteiger partial charge in [-0.25, -0.2) is 4.98 Å². The molecule has 0 radical (unpaired) electrons. The molecule has 1 aromatic carbocycles. The largest absolute Gasteiger partial charge is 0.371 e. The van der Waals surface area contributed by atoms with E-state index in [-0.39, 0.29) is 0 Å². The maximum atomic E-state index is 9.77. The molecule has 2 heterocycles. The summed E-state index contributed by atoms with van der Waals surface area (Å²) in [6.45, 7) is 3.86. The van der Waals surface area contributed by atoms with Crippen molar-refractivity contribution in [2.45, 2.75) is 26.2 Å². The average Bonchev–Trinajstić information content (AvgIpc) is 3.03. The molecule has 6 heteroatoms. The number of fused-ring (bicyclic) bond motifs is 3. The third kappa shape index (κ3) is 3.58. The van der Waals surface area contributed by atoms with E-state index in [0.29, 0.717) is 24.1 Å². The van der Waals surface area contributed by atoms with Crippen LogP contribution in [0.3, 0.4) is 0 Å². The van der Waals surface area contributed by atoms with Crippen molar-refractivity contribution in [2.24, 2.45) is 0 Å². The SMILES string of the molecule is Cc1c(CCC#N)c(NCCC[NH+](C)C)n2c(nc3ccccc32)c1C#N. The lowest BCUT2D eigenvalue weighted by Crippen LogP contribution is -3.05. The van der Waals surface area contributed by atoms with Crippen LogP contribution in [-0.4, -0.2) is 36.6 Å². The quantitative estimate of drug-likeness (QED) is 0.631. The summed E-state index contributed by atoms with van der Waals surface area (Å²) in [5.41, 5.74) is 5.05. The Bertz CT molecular complexity index is 1050. The van der Waals surface area contributed by atoms with Gasteiger partial charge in [-0.1, -0.05) is 12.1 Å². The van der Waals surface area contributed by atoms with Crippen molar-refractivity contribution in [1.82, 2.24) is 9.38 Å². The zero-order valence-corrected chi connectivity index (χ0v) is 16.1. The summed E-state index contributed by atoms with van der Waals surface area (Å²) >= 11 is 0. The van der Waals surface area contributed by atoms with Gasteiger partial charge in [-0.2, -0.15) is 10.5 Å². The molecule has 0 amide bonds. The highest BCUT2D eigenvalue weighted by Crippen LogP contribution is 2.31. The van der Waals surface area contributed by atoms with E-state index in [1.54, 1.807) is 0 Å². The van der Waals surface area contributed by atoms with Crippen LogP contribution in [0.4, 0.5) is 5.82 Å². The van der Waals surface area contributed by atoms with Gasteiger partial charge >= 0.3 is 0 Å². The third-order valence-electron chi connectivity index (χ3n) is 4.87. The first-order valence-corrected chi connectivity index (χ1v) is 9.31. The molecular formula is C21H25N6+. The topological polar surface area (TPSA) is 81.3 Å². The van der Waals surface area contributed by atoms with Gasteiger partial charge in [-0.15, -0.1) is 0 Å². The van der Waals surface area contributed by atoms with Crippen molar-refractivity contribution in [1.29, 1.82) is 10.5 Å². The minimum Gasteiger partial charge on any atom is -0.371 e. The molecule has 3 aromatic rings. The van der Waals surface area contributed by atoms with Crippen LogP contribution in [0.5, 0.6) is 0 Å².